The van der Waals surface area contributed by atoms with Crippen LogP contribution in [0.1, 0.15) is 51.4 Å². The molecule has 44 heavy (non-hydrogen) atoms. The van der Waals surface area contributed by atoms with Gasteiger partial charge in [-0.25, -0.2) is 0 Å². The molecule has 1 N–H and O–H groups in total. The summed E-state index contributed by atoms with van der Waals surface area (Å²) in [6.07, 6.45) is 2.99. The van der Waals surface area contributed by atoms with E-state index in [1.54, 1.807) is 0 Å². The third-order valence-electron chi connectivity index (χ3n) is 8.71. The van der Waals surface area contributed by atoms with E-state index in [4.69, 9.17) is 0 Å². The lowest BCUT2D eigenvalue weighted by Crippen LogP contribution is -2.38. The lowest BCUT2D eigenvalue weighted by Gasteiger charge is -2.37. The molecule has 1 fully saturated rings. The molecule has 220 valence electrons. The molecule has 6 rings (SSSR count). The number of Topliss-reactive ketones (excluding diaryl/α,β-unsaturated/α-hetero) is 1. The first-order valence-electron chi connectivity index (χ1n) is 15.5. The van der Waals surface area contributed by atoms with Crippen LogP contribution in [0.25, 0.3) is 0 Å². The maximum atomic E-state index is 13.6. The van der Waals surface area contributed by atoms with Gasteiger partial charge in [-0.05, 0) is 71.7 Å². The first kappa shape index (κ1) is 29.1. The third kappa shape index (κ3) is 7.15. The highest BCUT2D eigenvalue weighted by molar-refractivity contribution is 5.99. The van der Waals surface area contributed by atoms with E-state index in [-0.39, 0.29) is 23.5 Å². The van der Waals surface area contributed by atoms with Crippen molar-refractivity contribution >= 4 is 23.1 Å². The molecule has 0 bridgehead atoms. The molecule has 0 saturated carbocycles. The van der Waals surface area contributed by atoms with Gasteiger partial charge in [0.05, 0.1) is 5.92 Å². The number of piperidine rings is 1. The fourth-order valence-corrected chi connectivity index (χ4v) is 6.40. The van der Waals surface area contributed by atoms with Crippen LogP contribution in [-0.4, -0.2) is 24.8 Å². The van der Waals surface area contributed by atoms with Crippen molar-refractivity contribution in [1.29, 1.82) is 0 Å². The van der Waals surface area contributed by atoms with Crippen LogP contribution in [-0.2, 0) is 17.6 Å². The summed E-state index contributed by atoms with van der Waals surface area (Å²) in [5.41, 5.74) is 7.14. The van der Waals surface area contributed by atoms with E-state index in [0.717, 1.165) is 66.0 Å². The Morgan fingerprint density at radius 2 is 1.25 bits per heavy atom. The number of carbonyl (C=O) groups is 2. The van der Waals surface area contributed by atoms with Crippen molar-refractivity contribution < 1.29 is 9.59 Å². The number of rotatable bonds is 10. The van der Waals surface area contributed by atoms with Crippen LogP contribution in [0.15, 0.2) is 140 Å². The van der Waals surface area contributed by atoms with E-state index in [9.17, 15) is 9.59 Å². The SMILES string of the molecule is O=C(Cc1ccc(N2CCC(C(C(=O)Nc3ccccc3)c3ccccc3)CC2)cc1)c1ccccc1Cc1ccccc1. The minimum absolute atomic E-state index is 0.0558. The van der Waals surface area contributed by atoms with Gasteiger partial charge in [0.1, 0.15) is 0 Å². The maximum Gasteiger partial charge on any atom is 0.232 e. The number of carbonyl (C=O) groups excluding carboxylic acids is 2. The summed E-state index contributed by atoms with van der Waals surface area (Å²) in [4.78, 5) is 29.3. The lowest BCUT2D eigenvalue weighted by molar-refractivity contribution is -0.118. The standard InChI is InChI=1S/C40H38N2O2/c43-38(37-19-11-10-16-34(37)28-30-12-4-1-5-13-30)29-31-20-22-36(23-21-31)42-26-24-33(25-27-42)39(32-14-6-2-7-15-32)40(44)41-35-17-8-3-9-18-35/h1-23,33,39H,24-29H2,(H,41,44). The summed E-state index contributed by atoms with van der Waals surface area (Å²) in [7, 11) is 0. The highest BCUT2D eigenvalue weighted by Gasteiger charge is 2.33. The average Bonchev–Trinajstić information content (AvgIpc) is 3.07. The van der Waals surface area contributed by atoms with Gasteiger partial charge in [0.15, 0.2) is 5.78 Å². The van der Waals surface area contributed by atoms with E-state index >= 15 is 0 Å². The highest BCUT2D eigenvalue weighted by atomic mass is 16.2. The van der Waals surface area contributed by atoms with Crippen LogP contribution < -0.4 is 10.2 Å². The molecule has 1 unspecified atom stereocenters. The zero-order valence-electron chi connectivity index (χ0n) is 24.9. The number of nitrogens with zero attached hydrogens (tertiary/aromatic N) is 1. The monoisotopic (exact) mass is 578 g/mol. The minimum atomic E-state index is -0.197. The molecule has 1 amide bonds. The number of amides is 1. The van der Waals surface area contributed by atoms with Gasteiger partial charge in [0, 0.05) is 36.4 Å². The van der Waals surface area contributed by atoms with Gasteiger partial charge in [-0.15, -0.1) is 0 Å². The van der Waals surface area contributed by atoms with Crippen molar-refractivity contribution in [3.8, 4) is 0 Å². The number of nitrogens with one attached hydrogen (secondary N) is 1. The first-order chi connectivity index (χ1) is 21.6. The van der Waals surface area contributed by atoms with Crippen molar-refractivity contribution in [1.82, 2.24) is 0 Å². The number of anilines is 2. The molecule has 0 aromatic heterocycles. The average molecular weight is 579 g/mol. The Labute approximate surface area is 260 Å². The van der Waals surface area contributed by atoms with E-state index < -0.39 is 0 Å². The van der Waals surface area contributed by atoms with Crippen molar-refractivity contribution in [2.75, 3.05) is 23.3 Å². The topological polar surface area (TPSA) is 49.4 Å². The molecule has 5 aromatic rings. The predicted octanol–water partition coefficient (Wildman–Crippen LogP) is 8.34. The molecule has 0 radical (unpaired) electrons. The molecular weight excluding hydrogens is 540 g/mol. The molecule has 1 heterocycles. The summed E-state index contributed by atoms with van der Waals surface area (Å²) in [6.45, 7) is 1.77. The fourth-order valence-electron chi connectivity index (χ4n) is 6.40. The smallest absolute Gasteiger partial charge is 0.232 e. The van der Waals surface area contributed by atoms with Gasteiger partial charge in [0.25, 0.3) is 0 Å². The fraction of sp³-hybridized carbons (Fsp3) is 0.200. The van der Waals surface area contributed by atoms with Gasteiger partial charge in [-0.1, -0.05) is 115 Å². The second kappa shape index (κ2) is 14.0. The highest BCUT2D eigenvalue weighted by Crippen LogP contribution is 2.35. The molecule has 4 nitrogen and oxygen atoms in total. The molecule has 4 heteroatoms. The summed E-state index contributed by atoms with van der Waals surface area (Å²) in [5, 5.41) is 3.15. The summed E-state index contributed by atoms with van der Waals surface area (Å²) in [6, 6.07) is 46.6. The zero-order valence-corrected chi connectivity index (χ0v) is 24.9. The Kier molecular flexibility index (Phi) is 9.27. The molecule has 1 atom stereocenters. The van der Waals surface area contributed by atoms with Crippen LogP contribution >= 0.6 is 0 Å². The van der Waals surface area contributed by atoms with Gasteiger partial charge < -0.3 is 10.2 Å². The largest absolute Gasteiger partial charge is 0.372 e. The maximum absolute atomic E-state index is 13.6. The summed E-state index contributed by atoms with van der Waals surface area (Å²) in [5.74, 6) is 0.257. The minimum Gasteiger partial charge on any atom is -0.372 e. The van der Waals surface area contributed by atoms with Gasteiger partial charge in [0.2, 0.25) is 5.91 Å². The first-order valence-corrected chi connectivity index (χ1v) is 15.5. The van der Waals surface area contributed by atoms with Crippen LogP contribution in [0.3, 0.4) is 0 Å². The van der Waals surface area contributed by atoms with Crippen LogP contribution in [0.2, 0.25) is 0 Å². The molecule has 1 aliphatic rings. The molecular formula is C40H38N2O2. The molecule has 1 aliphatic heterocycles. The van der Waals surface area contributed by atoms with Gasteiger partial charge in [-0.2, -0.15) is 0 Å². The van der Waals surface area contributed by atoms with Crippen molar-refractivity contribution in [2.24, 2.45) is 5.92 Å². The number of benzene rings is 5. The van der Waals surface area contributed by atoms with Crippen molar-refractivity contribution in [3.05, 3.63) is 167 Å². The van der Waals surface area contributed by atoms with Crippen LogP contribution in [0, 0.1) is 5.92 Å². The van der Waals surface area contributed by atoms with E-state index in [2.05, 4.69) is 64.8 Å². The third-order valence-corrected chi connectivity index (χ3v) is 8.71. The second-order valence-corrected chi connectivity index (χ2v) is 11.7. The number of ketones is 1. The van der Waals surface area contributed by atoms with Gasteiger partial charge in [-0.3, -0.25) is 9.59 Å². The second-order valence-electron chi connectivity index (χ2n) is 11.7. The van der Waals surface area contributed by atoms with E-state index in [0.29, 0.717) is 6.42 Å². The Bertz CT molecular complexity index is 1660. The molecule has 0 aliphatic carbocycles. The number of para-hydroxylation sites is 1. The van der Waals surface area contributed by atoms with Crippen LogP contribution in [0.4, 0.5) is 11.4 Å². The Balaban J connectivity index is 1.09. The van der Waals surface area contributed by atoms with Crippen molar-refractivity contribution in [3.63, 3.8) is 0 Å². The number of hydrogen-bond donors (Lipinski definition) is 1. The summed E-state index contributed by atoms with van der Waals surface area (Å²) < 4.78 is 0. The van der Waals surface area contributed by atoms with Crippen molar-refractivity contribution in [2.45, 2.75) is 31.6 Å². The normalized spacial score (nSPS) is 14.1. The Morgan fingerprint density at radius 1 is 0.659 bits per heavy atom. The predicted molar refractivity (Wildman–Crippen MR) is 179 cm³/mol. The molecule has 0 spiro atoms. The summed E-state index contributed by atoms with van der Waals surface area (Å²) >= 11 is 0. The quantitative estimate of drug-likeness (QED) is 0.170. The Morgan fingerprint density at radius 3 is 1.93 bits per heavy atom. The van der Waals surface area contributed by atoms with E-state index in [1.807, 2.05) is 84.9 Å². The van der Waals surface area contributed by atoms with Gasteiger partial charge >= 0.3 is 0 Å². The lowest BCUT2D eigenvalue weighted by atomic mass is 9.79. The number of hydrogen-bond acceptors (Lipinski definition) is 3. The van der Waals surface area contributed by atoms with E-state index in [1.165, 1.54) is 5.56 Å². The zero-order chi connectivity index (χ0) is 30.1. The molecule has 5 aromatic carbocycles. The Hall–Kier alpha value is -4.96. The van der Waals surface area contributed by atoms with Crippen LogP contribution in [0.5, 0.6) is 0 Å². The molecule has 1 saturated heterocycles.